The van der Waals surface area contributed by atoms with Crippen molar-refractivity contribution in [1.29, 1.82) is 0 Å². The molecule has 2 aromatic carbocycles. The van der Waals surface area contributed by atoms with E-state index in [1.165, 1.54) is 0 Å². The normalized spacial score (nSPS) is 11.9. The van der Waals surface area contributed by atoms with E-state index >= 15 is 0 Å². The van der Waals surface area contributed by atoms with E-state index in [2.05, 4.69) is 5.32 Å². The molecule has 0 saturated heterocycles. The Bertz CT molecular complexity index is 587. The van der Waals surface area contributed by atoms with Gasteiger partial charge in [0.05, 0.1) is 6.04 Å². The van der Waals surface area contributed by atoms with Crippen molar-refractivity contribution >= 4 is 29.2 Å². The van der Waals surface area contributed by atoms with E-state index in [9.17, 15) is 4.79 Å². The Kier molecular flexibility index (Phi) is 4.30. The molecule has 0 heterocycles. The minimum atomic E-state index is -0.611. The third-order valence-corrected chi connectivity index (χ3v) is 3.26. The number of rotatable bonds is 3. The van der Waals surface area contributed by atoms with Gasteiger partial charge in [0, 0.05) is 10.0 Å². The molecule has 0 aliphatic rings. The fourth-order valence-electron chi connectivity index (χ4n) is 1.86. The molecule has 2 rings (SSSR count). The van der Waals surface area contributed by atoms with Crippen LogP contribution in [0, 0.1) is 0 Å². The van der Waals surface area contributed by atoms with Gasteiger partial charge in [0.1, 0.15) is 0 Å². The van der Waals surface area contributed by atoms with E-state index in [0.29, 0.717) is 10.0 Å². The summed E-state index contributed by atoms with van der Waals surface area (Å²) in [4.78, 5) is 11.2. The molecule has 3 N–H and O–H groups in total. The van der Waals surface area contributed by atoms with Gasteiger partial charge >= 0.3 is 6.03 Å². The van der Waals surface area contributed by atoms with E-state index in [1.54, 1.807) is 18.2 Å². The second kappa shape index (κ2) is 5.95. The van der Waals surface area contributed by atoms with Crippen molar-refractivity contribution in [2.75, 3.05) is 0 Å². The zero-order valence-electron chi connectivity index (χ0n) is 9.94. The summed E-state index contributed by atoms with van der Waals surface area (Å²) >= 11 is 12.1. The molecular formula is C14H12Cl2N2O. The molecule has 19 heavy (non-hydrogen) atoms. The number of benzene rings is 2. The maximum atomic E-state index is 11.2. The predicted octanol–water partition coefficient (Wildman–Crippen LogP) is 3.75. The number of hydrogen-bond acceptors (Lipinski definition) is 1. The summed E-state index contributed by atoms with van der Waals surface area (Å²) in [6.45, 7) is 0. The van der Waals surface area contributed by atoms with Crippen LogP contribution in [-0.2, 0) is 0 Å². The standard InChI is InChI=1S/C14H12Cl2N2O/c15-10-6-7-11(12(16)8-10)13(18-14(17)19)9-4-2-1-3-5-9/h1-8,13H,(H3,17,18,19)/t13-/m0/s1. The Morgan fingerprint density at radius 2 is 1.79 bits per heavy atom. The number of nitrogens with one attached hydrogen (secondary N) is 1. The average Bonchev–Trinajstić information content (AvgIpc) is 2.37. The monoisotopic (exact) mass is 294 g/mol. The summed E-state index contributed by atoms with van der Waals surface area (Å²) in [6.07, 6.45) is 0. The van der Waals surface area contributed by atoms with Gasteiger partial charge in [-0.15, -0.1) is 0 Å². The molecule has 0 unspecified atom stereocenters. The lowest BCUT2D eigenvalue weighted by Crippen LogP contribution is -2.33. The quantitative estimate of drug-likeness (QED) is 0.890. The lowest BCUT2D eigenvalue weighted by molar-refractivity contribution is 0.247. The average molecular weight is 295 g/mol. The summed E-state index contributed by atoms with van der Waals surface area (Å²) in [5.74, 6) is 0. The molecule has 2 aromatic rings. The summed E-state index contributed by atoms with van der Waals surface area (Å²) in [6, 6.07) is 13.6. The molecule has 3 nitrogen and oxygen atoms in total. The summed E-state index contributed by atoms with van der Waals surface area (Å²) in [7, 11) is 0. The van der Waals surface area contributed by atoms with Crippen LogP contribution in [0.3, 0.4) is 0 Å². The van der Waals surface area contributed by atoms with E-state index in [4.69, 9.17) is 28.9 Å². The van der Waals surface area contributed by atoms with Crippen LogP contribution in [0.5, 0.6) is 0 Å². The smallest absolute Gasteiger partial charge is 0.312 e. The molecule has 0 aromatic heterocycles. The molecule has 5 heteroatoms. The summed E-state index contributed by atoms with van der Waals surface area (Å²) in [5.41, 5.74) is 6.87. The van der Waals surface area contributed by atoms with Crippen LogP contribution in [0.4, 0.5) is 4.79 Å². The van der Waals surface area contributed by atoms with E-state index < -0.39 is 12.1 Å². The van der Waals surface area contributed by atoms with Crippen molar-refractivity contribution in [2.24, 2.45) is 5.73 Å². The number of nitrogens with two attached hydrogens (primary N) is 1. The molecule has 0 spiro atoms. The van der Waals surface area contributed by atoms with Crippen molar-refractivity contribution < 1.29 is 4.79 Å². The minimum Gasteiger partial charge on any atom is -0.352 e. The van der Waals surface area contributed by atoms with Crippen LogP contribution in [-0.4, -0.2) is 6.03 Å². The van der Waals surface area contributed by atoms with Crippen molar-refractivity contribution in [3.8, 4) is 0 Å². The lowest BCUT2D eigenvalue weighted by Gasteiger charge is -2.19. The van der Waals surface area contributed by atoms with Crippen molar-refractivity contribution in [1.82, 2.24) is 5.32 Å². The van der Waals surface area contributed by atoms with Crippen molar-refractivity contribution in [3.63, 3.8) is 0 Å². The first kappa shape index (κ1) is 13.7. The molecule has 0 aliphatic heterocycles. The van der Waals surface area contributed by atoms with E-state index in [0.717, 1.165) is 11.1 Å². The van der Waals surface area contributed by atoms with Crippen LogP contribution in [0.2, 0.25) is 10.0 Å². The number of carbonyl (C=O) groups is 1. The zero-order valence-corrected chi connectivity index (χ0v) is 11.4. The first-order chi connectivity index (χ1) is 9.08. The van der Waals surface area contributed by atoms with Crippen LogP contribution >= 0.6 is 23.2 Å². The van der Waals surface area contributed by atoms with Crippen LogP contribution in [0.15, 0.2) is 48.5 Å². The molecule has 0 saturated carbocycles. The molecule has 0 fully saturated rings. The highest BCUT2D eigenvalue weighted by atomic mass is 35.5. The first-order valence-electron chi connectivity index (χ1n) is 5.64. The Hall–Kier alpha value is -1.71. The van der Waals surface area contributed by atoms with Gasteiger partial charge in [0.2, 0.25) is 0 Å². The van der Waals surface area contributed by atoms with Crippen LogP contribution in [0.1, 0.15) is 17.2 Å². The first-order valence-corrected chi connectivity index (χ1v) is 6.39. The third kappa shape index (κ3) is 3.40. The van der Waals surface area contributed by atoms with E-state index in [1.807, 2.05) is 30.3 Å². The lowest BCUT2D eigenvalue weighted by atomic mass is 9.99. The van der Waals surface area contributed by atoms with Gasteiger partial charge in [-0.3, -0.25) is 0 Å². The highest BCUT2D eigenvalue weighted by Gasteiger charge is 2.18. The van der Waals surface area contributed by atoms with Crippen molar-refractivity contribution in [2.45, 2.75) is 6.04 Å². The van der Waals surface area contributed by atoms with Crippen LogP contribution < -0.4 is 11.1 Å². The maximum Gasteiger partial charge on any atom is 0.312 e. The van der Waals surface area contributed by atoms with Gasteiger partial charge in [-0.1, -0.05) is 59.6 Å². The topological polar surface area (TPSA) is 55.1 Å². The molecule has 0 aliphatic carbocycles. The fraction of sp³-hybridized carbons (Fsp3) is 0.0714. The largest absolute Gasteiger partial charge is 0.352 e. The van der Waals surface area contributed by atoms with Gasteiger partial charge in [-0.05, 0) is 23.3 Å². The predicted molar refractivity (Wildman–Crippen MR) is 77.5 cm³/mol. The Labute approximate surface area is 121 Å². The van der Waals surface area contributed by atoms with Gasteiger partial charge in [0.15, 0.2) is 0 Å². The second-order valence-corrected chi connectivity index (χ2v) is 4.86. The van der Waals surface area contributed by atoms with Crippen molar-refractivity contribution in [3.05, 3.63) is 69.7 Å². The maximum absolute atomic E-state index is 11.2. The van der Waals surface area contributed by atoms with E-state index in [-0.39, 0.29) is 0 Å². The highest BCUT2D eigenvalue weighted by molar-refractivity contribution is 6.35. The number of hydrogen-bond donors (Lipinski definition) is 2. The minimum absolute atomic E-state index is 0.400. The van der Waals surface area contributed by atoms with Gasteiger partial charge < -0.3 is 11.1 Å². The summed E-state index contributed by atoms with van der Waals surface area (Å²) in [5, 5.41) is 3.71. The fourth-order valence-corrected chi connectivity index (χ4v) is 2.38. The number of carbonyl (C=O) groups excluding carboxylic acids is 1. The second-order valence-electron chi connectivity index (χ2n) is 4.02. The zero-order chi connectivity index (χ0) is 13.8. The summed E-state index contributed by atoms with van der Waals surface area (Å²) < 4.78 is 0. The third-order valence-electron chi connectivity index (χ3n) is 2.69. The number of urea groups is 1. The van der Waals surface area contributed by atoms with Gasteiger partial charge in [-0.2, -0.15) is 0 Å². The molecule has 1 atom stereocenters. The number of halogens is 2. The Balaban J connectivity index is 2.46. The molecule has 0 radical (unpaired) electrons. The SMILES string of the molecule is NC(=O)N[C@@H](c1ccccc1)c1ccc(Cl)cc1Cl. The number of amides is 2. The van der Waals surface area contributed by atoms with Gasteiger partial charge in [-0.25, -0.2) is 4.79 Å². The van der Waals surface area contributed by atoms with Gasteiger partial charge in [0.25, 0.3) is 0 Å². The molecule has 98 valence electrons. The highest BCUT2D eigenvalue weighted by Crippen LogP contribution is 2.30. The Morgan fingerprint density at radius 1 is 1.11 bits per heavy atom. The number of primary amides is 1. The Morgan fingerprint density at radius 3 is 2.37 bits per heavy atom. The van der Waals surface area contributed by atoms with Crippen LogP contribution in [0.25, 0.3) is 0 Å². The molecular weight excluding hydrogens is 283 g/mol. The molecule has 2 amide bonds. The molecule has 0 bridgehead atoms.